The summed E-state index contributed by atoms with van der Waals surface area (Å²) in [5.41, 5.74) is 6.09. The van der Waals surface area contributed by atoms with Gasteiger partial charge in [0.2, 0.25) is 5.91 Å². The fraction of sp³-hybridized carbons (Fsp3) is 0.462. The van der Waals surface area contributed by atoms with Crippen LogP contribution in [0.15, 0.2) is 18.2 Å². The summed E-state index contributed by atoms with van der Waals surface area (Å²) in [7, 11) is 0. The Kier molecular flexibility index (Phi) is 5.95. The van der Waals surface area contributed by atoms with Crippen molar-refractivity contribution in [2.45, 2.75) is 20.3 Å². The third kappa shape index (κ3) is 4.55. The highest BCUT2D eigenvalue weighted by molar-refractivity contribution is 6.31. The van der Waals surface area contributed by atoms with Gasteiger partial charge in [-0.3, -0.25) is 4.79 Å². The summed E-state index contributed by atoms with van der Waals surface area (Å²) >= 11 is 5.91. The van der Waals surface area contributed by atoms with Crippen LogP contribution in [0.2, 0.25) is 5.02 Å². The number of nitrogens with two attached hydrogens (primary N) is 1. The lowest BCUT2D eigenvalue weighted by Gasteiger charge is -2.13. The summed E-state index contributed by atoms with van der Waals surface area (Å²) in [6, 6.07) is 5.15. The molecule has 1 aromatic rings. The van der Waals surface area contributed by atoms with Gasteiger partial charge in [-0.15, -0.1) is 0 Å². The molecular formula is C13H19ClN2O2. The van der Waals surface area contributed by atoms with Gasteiger partial charge in [0, 0.05) is 11.4 Å². The first kappa shape index (κ1) is 14.8. The van der Waals surface area contributed by atoms with Crippen molar-refractivity contribution in [3.05, 3.63) is 23.2 Å². The Hall–Kier alpha value is -1.26. The smallest absolute Gasteiger partial charge is 0.224 e. The molecule has 5 heteroatoms. The molecule has 0 saturated heterocycles. The molecule has 0 aliphatic carbocycles. The molecule has 0 aliphatic heterocycles. The van der Waals surface area contributed by atoms with Gasteiger partial charge in [0.25, 0.3) is 0 Å². The van der Waals surface area contributed by atoms with Crippen LogP contribution in [0.5, 0.6) is 5.75 Å². The van der Waals surface area contributed by atoms with E-state index in [9.17, 15) is 4.79 Å². The van der Waals surface area contributed by atoms with Crippen LogP contribution in [-0.2, 0) is 4.79 Å². The second-order valence-corrected chi connectivity index (χ2v) is 4.60. The van der Waals surface area contributed by atoms with Gasteiger partial charge in [-0.25, -0.2) is 0 Å². The molecule has 100 valence electrons. The maximum Gasteiger partial charge on any atom is 0.224 e. The van der Waals surface area contributed by atoms with Crippen molar-refractivity contribution >= 4 is 23.2 Å². The van der Waals surface area contributed by atoms with Crippen LogP contribution in [0.4, 0.5) is 5.69 Å². The van der Waals surface area contributed by atoms with Crippen molar-refractivity contribution in [3.63, 3.8) is 0 Å². The molecule has 3 N–H and O–H groups in total. The van der Waals surface area contributed by atoms with Crippen molar-refractivity contribution in [2.24, 2.45) is 11.7 Å². The van der Waals surface area contributed by atoms with Crippen LogP contribution in [-0.4, -0.2) is 19.1 Å². The lowest BCUT2D eigenvalue weighted by Crippen LogP contribution is -2.20. The number of halogens is 1. The van der Waals surface area contributed by atoms with E-state index in [1.54, 1.807) is 18.2 Å². The average Bonchev–Trinajstić information content (AvgIpc) is 2.32. The molecule has 0 fully saturated rings. The largest absolute Gasteiger partial charge is 0.492 e. The first-order valence-electron chi connectivity index (χ1n) is 5.99. The van der Waals surface area contributed by atoms with Gasteiger partial charge in [0.05, 0.1) is 12.3 Å². The minimum Gasteiger partial charge on any atom is -0.492 e. The van der Waals surface area contributed by atoms with Crippen molar-refractivity contribution in [1.82, 2.24) is 0 Å². The van der Waals surface area contributed by atoms with Crippen LogP contribution in [0.3, 0.4) is 0 Å². The number of carbonyl (C=O) groups excluding carboxylic acids is 1. The van der Waals surface area contributed by atoms with Crippen LogP contribution in [0.1, 0.15) is 20.3 Å². The van der Waals surface area contributed by atoms with Crippen LogP contribution >= 0.6 is 11.6 Å². The summed E-state index contributed by atoms with van der Waals surface area (Å²) in [6.07, 6.45) is 0.384. The second-order valence-electron chi connectivity index (χ2n) is 4.17. The van der Waals surface area contributed by atoms with Gasteiger partial charge in [0.1, 0.15) is 5.75 Å². The Labute approximate surface area is 112 Å². The number of hydrogen-bond acceptors (Lipinski definition) is 3. The lowest BCUT2D eigenvalue weighted by molar-refractivity contribution is -0.116. The molecule has 1 unspecified atom stereocenters. The van der Waals surface area contributed by atoms with Crippen molar-refractivity contribution in [1.29, 1.82) is 0 Å². The standard InChI is InChI=1S/C13H19ClN2O2/c1-3-18-12-5-4-10(14)7-11(12)16-13(17)6-9(2)8-15/h4-5,7,9H,3,6,8,15H2,1-2H3,(H,16,17). The summed E-state index contributed by atoms with van der Waals surface area (Å²) in [5.74, 6) is 0.687. The summed E-state index contributed by atoms with van der Waals surface area (Å²) in [4.78, 5) is 11.8. The Morgan fingerprint density at radius 2 is 2.28 bits per heavy atom. The maximum atomic E-state index is 11.8. The molecule has 0 heterocycles. The van der Waals surface area contributed by atoms with Gasteiger partial charge >= 0.3 is 0 Å². The van der Waals surface area contributed by atoms with Gasteiger partial charge in [-0.2, -0.15) is 0 Å². The zero-order valence-electron chi connectivity index (χ0n) is 10.7. The van der Waals surface area contributed by atoms with E-state index in [0.717, 1.165) is 0 Å². The second kappa shape index (κ2) is 7.24. The number of anilines is 1. The first-order chi connectivity index (χ1) is 8.56. The molecule has 0 aromatic heterocycles. The van der Waals surface area contributed by atoms with Crippen LogP contribution in [0.25, 0.3) is 0 Å². The fourth-order valence-electron chi connectivity index (χ4n) is 1.48. The number of benzene rings is 1. The molecule has 0 spiro atoms. The topological polar surface area (TPSA) is 64.3 Å². The highest BCUT2D eigenvalue weighted by Gasteiger charge is 2.11. The van der Waals surface area contributed by atoms with E-state index in [1.165, 1.54) is 0 Å². The zero-order chi connectivity index (χ0) is 13.5. The average molecular weight is 271 g/mol. The quantitative estimate of drug-likeness (QED) is 0.835. The molecule has 0 bridgehead atoms. The summed E-state index contributed by atoms with van der Waals surface area (Å²) in [6.45, 7) is 4.84. The summed E-state index contributed by atoms with van der Waals surface area (Å²) in [5, 5.41) is 3.35. The monoisotopic (exact) mass is 270 g/mol. The first-order valence-corrected chi connectivity index (χ1v) is 6.36. The third-order valence-corrected chi connectivity index (χ3v) is 2.69. The van der Waals surface area contributed by atoms with E-state index in [4.69, 9.17) is 22.1 Å². The fourth-order valence-corrected chi connectivity index (χ4v) is 1.65. The van der Waals surface area contributed by atoms with Gasteiger partial charge < -0.3 is 15.8 Å². The predicted molar refractivity (Wildman–Crippen MR) is 74.1 cm³/mol. The Bertz CT molecular complexity index is 410. The van der Waals surface area contributed by atoms with Crippen molar-refractivity contribution < 1.29 is 9.53 Å². The molecule has 0 radical (unpaired) electrons. The number of nitrogens with one attached hydrogen (secondary N) is 1. The molecule has 1 aromatic carbocycles. The molecule has 0 saturated carbocycles. The normalized spacial score (nSPS) is 12.0. The lowest BCUT2D eigenvalue weighted by atomic mass is 10.1. The number of ether oxygens (including phenoxy) is 1. The Balaban J connectivity index is 2.75. The van der Waals surface area contributed by atoms with E-state index < -0.39 is 0 Å². The number of rotatable bonds is 6. The minimum atomic E-state index is -0.0869. The Morgan fingerprint density at radius 3 is 2.89 bits per heavy atom. The maximum absolute atomic E-state index is 11.8. The number of carbonyl (C=O) groups is 1. The van der Waals surface area contributed by atoms with Gasteiger partial charge in [-0.1, -0.05) is 18.5 Å². The molecule has 1 amide bonds. The van der Waals surface area contributed by atoms with E-state index >= 15 is 0 Å². The number of hydrogen-bond donors (Lipinski definition) is 2. The highest BCUT2D eigenvalue weighted by atomic mass is 35.5. The van der Waals surface area contributed by atoms with E-state index in [-0.39, 0.29) is 11.8 Å². The van der Waals surface area contributed by atoms with Gasteiger partial charge in [-0.05, 0) is 37.6 Å². The molecule has 1 rings (SSSR count). The zero-order valence-corrected chi connectivity index (χ0v) is 11.5. The molecule has 1 atom stereocenters. The van der Waals surface area contributed by atoms with Crippen LogP contribution < -0.4 is 15.8 Å². The van der Waals surface area contributed by atoms with Crippen molar-refractivity contribution in [3.8, 4) is 5.75 Å². The third-order valence-electron chi connectivity index (χ3n) is 2.45. The van der Waals surface area contributed by atoms with E-state index in [0.29, 0.717) is 36.0 Å². The Morgan fingerprint density at radius 1 is 1.56 bits per heavy atom. The van der Waals surface area contributed by atoms with E-state index in [1.807, 2.05) is 13.8 Å². The van der Waals surface area contributed by atoms with Gasteiger partial charge in [0.15, 0.2) is 0 Å². The van der Waals surface area contributed by atoms with Crippen LogP contribution in [0, 0.1) is 5.92 Å². The minimum absolute atomic E-state index is 0.0869. The van der Waals surface area contributed by atoms with Crippen molar-refractivity contribution in [2.75, 3.05) is 18.5 Å². The predicted octanol–water partition coefficient (Wildman–Crippen LogP) is 2.66. The number of amides is 1. The molecular weight excluding hydrogens is 252 g/mol. The molecule has 4 nitrogen and oxygen atoms in total. The molecule has 18 heavy (non-hydrogen) atoms. The highest BCUT2D eigenvalue weighted by Crippen LogP contribution is 2.28. The van der Waals surface area contributed by atoms with E-state index in [2.05, 4.69) is 5.32 Å². The molecule has 0 aliphatic rings. The summed E-state index contributed by atoms with van der Waals surface area (Å²) < 4.78 is 5.43. The SMILES string of the molecule is CCOc1ccc(Cl)cc1NC(=O)CC(C)CN.